The zero-order valence-electron chi connectivity index (χ0n) is 14.4. The summed E-state index contributed by atoms with van der Waals surface area (Å²) in [6.45, 7) is 3.16. The predicted octanol–water partition coefficient (Wildman–Crippen LogP) is 2.95. The van der Waals surface area contributed by atoms with Crippen LogP contribution >= 0.6 is 0 Å². The maximum absolute atomic E-state index is 9.60. The van der Waals surface area contributed by atoms with Crippen LogP contribution in [0.1, 0.15) is 19.3 Å². The summed E-state index contributed by atoms with van der Waals surface area (Å²) in [7, 11) is 0. The fraction of sp³-hybridized carbons (Fsp3) is 0.400. The highest BCUT2D eigenvalue weighted by molar-refractivity contribution is 5.94. The number of fused-ring (bicyclic) bond motifs is 1. The first kappa shape index (κ1) is 16.2. The Balaban J connectivity index is 1.58. The summed E-state index contributed by atoms with van der Waals surface area (Å²) in [4.78, 5) is 11.2. The molecule has 0 saturated carbocycles. The fourth-order valence-corrected chi connectivity index (χ4v) is 3.85. The molecule has 1 fully saturated rings. The molecule has 130 valence electrons. The van der Waals surface area contributed by atoms with Gasteiger partial charge in [-0.05, 0) is 30.8 Å². The monoisotopic (exact) mass is 336 g/mol. The van der Waals surface area contributed by atoms with E-state index in [4.69, 9.17) is 0 Å². The zero-order chi connectivity index (χ0) is 17.1. The van der Waals surface area contributed by atoms with Gasteiger partial charge in [-0.15, -0.1) is 0 Å². The van der Waals surface area contributed by atoms with Crippen molar-refractivity contribution in [2.45, 2.75) is 31.8 Å². The van der Waals surface area contributed by atoms with E-state index in [1.807, 2.05) is 24.8 Å². The number of aromatic nitrogens is 3. The molecule has 2 aromatic heterocycles. The Kier molecular flexibility index (Phi) is 4.76. The van der Waals surface area contributed by atoms with Crippen molar-refractivity contribution in [3.05, 3.63) is 49.1 Å². The highest BCUT2D eigenvalue weighted by atomic mass is 16.3. The minimum atomic E-state index is 0.257. The number of pyridine rings is 1. The van der Waals surface area contributed by atoms with Gasteiger partial charge in [0, 0.05) is 54.9 Å². The molecule has 0 aliphatic carbocycles. The van der Waals surface area contributed by atoms with E-state index in [1.54, 1.807) is 0 Å². The SMILES string of the molecule is OC[C@@H]1CCCCN1CCn1ccnc1-c1cccc2cnccc12. The lowest BCUT2D eigenvalue weighted by molar-refractivity contribution is 0.0873. The smallest absolute Gasteiger partial charge is 0.140 e. The van der Waals surface area contributed by atoms with Crippen molar-refractivity contribution in [1.29, 1.82) is 0 Å². The van der Waals surface area contributed by atoms with Crippen LogP contribution in [0.2, 0.25) is 0 Å². The normalized spacial score (nSPS) is 18.7. The van der Waals surface area contributed by atoms with E-state index in [2.05, 4.69) is 43.7 Å². The number of imidazole rings is 1. The number of benzene rings is 1. The Morgan fingerprint density at radius 2 is 2.08 bits per heavy atom. The molecule has 5 heteroatoms. The standard InChI is InChI=1S/C20H24N4O/c25-15-17-5-1-2-10-23(17)12-13-24-11-9-22-20(24)19-6-3-4-16-14-21-8-7-18(16)19/h3-4,6-9,11,14,17,25H,1-2,5,10,12-13,15H2/t17-/m0/s1. The van der Waals surface area contributed by atoms with Crippen molar-refractivity contribution in [2.24, 2.45) is 0 Å². The van der Waals surface area contributed by atoms with E-state index >= 15 is 0 Å². The summed E-state index contributed by atoms with van der Waals surface area (Å²) in [6.07, 6.45) is 11.2. The molecular formula is C20H24N4O. The van der Waals surface area contributed by atoms with Crippen molar-refractivity contribution in [2.75, 3.05) is 19.7 Å². The lowest BCUT2D eigenvalue weighted by Gasteiger charge is -2.34. The Morgan fingerprint density at radius 3 is 3.00 bits per heavy atom. The second-order valence-corrected chi connectivity index (χ2v) is 6.71. The number of nitrogens with zero attached hydrogens (tertiary/aromatic N) is 4. The number of rotatable bonds is 5. The van der Waals surface area contributed by atoms with Gasteiger partial charge in [0.15, 0.2) is 0 Å². The molecule has 3 heterocycles. The molecule has 1 atom stereocenters. The molecule has 1 aromatic carbocycles. The van der Waals surface area contributed by atoms with Gasteiger partial charge in [0.1, 0.15) is 5.82 Å². The minimum Gasteiger partial charge on any atom is -0.395 e. The average Bonchev–Trinajstić information content (AvgIpc) is 3.14. The number of aliphatic hydroxyl groups is 1. The molecule has 1 N–H and O–H groups in total. The molecule has 0 spiro atoms. The van der Waals surface area contributed by atoms with Gasteiger partial charge in [0.25, 0.3) is 0 Å². The van der Waals surface area contributed by atoms with E-state index in [0.29, 0.717) is 6.04 Å². The van der Waals surface area contributed by atoms with Gasteiger partial charge < -0.3 is 9.67 Å². The van der Waals surface area contributed by atoms with Gasteiger partial charge in [0.05, 0.1) is 6.61 Å². The number of hydrogen-bond acceptors (Lipinski definition) is 4. The molecular weight excluding hydrogens is 312 g/mol. The quantitative estimate of drug-likeness (QED) is 0.778. The summed E-state index contributed by atoms with van der Waals surface area (Å²) >= 11 is 0. The van der Waals surface area contributed by atoms with Crippen LogP contribution in [0.15, 0.2) is 49.1 Å². The molecule has 5 nitrogen and oxygen atoms in total. The van der Waals surface area contributed by atoms with Gasteiger partial charge in [-0.1, -0.05) is 24.6 Å². The van der Waals surface area contributed by atoms with Crippen molar-refractivity contribution in [3.8, 4) is 11.4 Å². The number of aliphatic hydroxyl groups excluding tert-OH is 1. The molecule has 1 saturated heterocycles. The highest BCUT2D eigenvalue weighted by Crippen LogP contribution is 2.27. The van der Waals surface area contributed by atoms with E-state index in [0.717, 1.165) is 42.8 Å². The number of hydrogen-bond donors (Lipinski definition) is 1. The Hall–Kier alpha value is -2.24. The van der Waals surface area contributed by atoms with Crippen molar-refractivity contribution in [1.82, 2.24) is 19.4 Å². The molecule has 4 rings (SSSR count). The van der Waals surface area contributed by atoms with Crippen LogP contribution in [0, 0.1) is 0 Å². The van der Waals surface area contributed by atoms with Crippen molar-refractivity contribution >= 4 is 10.8 Å². The molecule has 1 aliphatic rings. The number of likely N-dealkylation sites (tertiary alicyclic amines) is 1. The molecule has 0 amide bonds. The Labute approximate surface area is 147 Å². The zero-order valence-corrected chi connectivity index (χ0v) is 14.4. The van der Waals surface area contributed by atoms with Crippen LogP contribution in [0.5, 0.6) is 0 Å². The van der Waals surface area contributed by atoms with Crippen molar-refractivity contribution in [3.63, 3.8) is 0 Å². The topological polar surface area (TPSA) is 54.2 Å². The average molecular weight is 336 g/mol. The largest absolute Gasteiger partial charge is 0.395 e. The Morgan fingerprint density at radius 1 is 1.12 bits per heavy atom. The maximum atomic E-state index is 9.60. The number of piperidine rings is 1. The first-order chi connectivity index (χ1) is 12.4. The van der Waals surface area contributed by atoms with Gasteiger partial charge >= 0.3 is 0 Å². The lowest BCUT2D eigenvalue weighted by Crippen LogP contribution is -2.43. The molecule has 0 radical (unpaired) electrons. The van der Waals surface area contributed by atoms with Crippen LogP contribution in [-0.4, -0.2) is 50.3 Å². The molecule has 0 bridgehead atoms. The summed E-state index contributed by atoms with van der Waals surface area (Å²) in [5.41, 5.74) is 1.14. The predicted molar refractivity (Wildman–Crippen MR) is 99.3 cm³/mol. The van der Waals surface area contributed by atoms with E-state index in [9.17, 15) is 5.11 Å². The maximum Gasteiger partial charge on any atom is 0.140 e. The summed E-state index contributed by atoms with van der Waals surface area (Å²) in [5.74, 6) is 0.995. The molecule has 25 heavy (non-hydrogen) atoms. The van der Waals surface area contributed by atoms with Crippen LogP contribution in [0.4, 0.5) is 0 Å². The second-order valence-electron chi connectivity index (χ2n) is 6.71. The highest BCUT2D eigenvalue weighted by Gasteiger charge is 2.21. The molecule has 1 aliphatic heterocycles. The van der Waals surface area contributed by atoms with E-state index in [1.165, 1.54) is 18.2 Å². The van der Waals surface area contributed by atoms with E-state index in [-0.39, 0.29) is 6.61 Å². The summed E-state index contributed by atoms with van der Waals surface area (Å²) in [6, 6.07) is 8.63. The fourth-order valence-electron chi connectivity index (χ4n) is 3.85. The molecule has 0 unspecified atom stereocenters. The third kappa shape index (κ3) is 3.30. The second kappa shape index (κ2) is 7.33. The van der Waals surface area contributed by atoms with Gasteiger partial charge in [0.2, 0.25) is 0 Å². The third-order valence-electron chi connectivity index (χ3n) is 5.23. The van der Waals surface area contributed by atoms with Crippen LogP contribution in [0.3, 0.4) is 0 Å². The first-order valence-electron chi connectivity index (χ1n) is 9.06. The van der Waals surface area contributed by atoms with E-state index < -0.39 is 0 Å². The van der Waals surface area contributed by atoms with Crippen LogP contribution < -0.4 is 0 Å². The van der Waals surface area contributed by atoms with Gasteiger partial charge in [-0.25, -0.2) is 4.98 Å². The van der Waals surface area contributed by atoms with Crippen molar-refractivity contribution < 1.29 is 5.11 Å². The first-order valence-corrected chi connectivity index (χ1v) is 9.06. The van der Waals surface area contributed by atoms with Gasteiger partial charge in [-0.3, -0.25) is 9.88 Å². The Bertz CT molecular complexity index is 839. The van der Waals surface area contributed by atoms with Crippen LogP contribution in [0.25, 0.3) is 22.2 Å². The lowest BCUT2D eigenvalue weighted by atomic mass is 10.0. The summed E-state index contributed by atoms with van der Waals surface area (Å²) in [5, 5.41) is 11.9. The minimum absolute atomic E-state index is 0.257. The van der Waals surface area contributed by atoms with Gasteiger partial charge in [-0.2, -0.15) is 0 Å². The molecule has 3 aromatic rings. The van der Waals surface area contributed by atoms with Crippen LogP contribution in [-0.2, 0) is 6.54 Å². The third-order valence-corrected chi connectivity index (χ3v) is 5.23. The summed E-state index contributed by atoms with van der Waals surface area (Å²) < 4.78 is 2.22.